The molecule has 1 amide bonds. The molecule has 0 radical (unpaired) electrons. The molecule has 7 nitrogen and oxygen atoms in total. The number of nitrogens with one attached hydrogen (secondary N) is 1. The fraction of sp³-hybridized carbons (Fsp3) is 0.778. The molecule has 1 aliphatic carbocycles. The van der Waals surface area contributed by atoms with E-state index in [0.29, 0.717) is 19.2 Å². The van der Waals surface area contributed by atoms with Crippen LogP contribution in [0.25, 0.3) is 0 Å². The summed E-state index contributed by atoms with van der Waals surface area (Å²) < 4.78 is 7.70. The number of rotatable bonds is 6. The molecule has 0 aromatic carbocycles. The quantitative estimate of drug-likeness (QED) is 0.803. The molecule has 1 aromatic rings. The Bertz CT molecular complexity index is 552. The second-order valence-corrected chi connectivity index (χ2v) is 7.56. The minimum atomic E-state index is 0.100. The van der Waals surface area contributed by atoms with E-state index in [0.717, 1.165) is 51.6 Å². The molecule has 3 aliphatic rings. The molecule has 0 spiro atoms. The number of ether oxygens (including phenoxy) is 1. The maximum absolute atomic E-state index is 12.4. The number of aromatic nitrogens is 2. The molecular formula is C18H29N5O2. The summed E-state index contributed by atoms with van der Waals surface area (Å²) in [5.41, 5.74) is 0. The van der Waals surface area contributed by atoms with Gasteiger partial charge >= 0.3 is 0 Å². The lowest BCUT2D eigenvalue weighted by Crippen LogP contribution is -2.51. The van der Waals surface area contributed by atoms with Gasteiger partial charge in [0, 0.05) is 50.7 Å². The van der Waals surface area contributed by atoms with Crippen LogP contribution in [0.3, 0.4) is 0 Å². The molecule has 3 fully saturated rings. The minimum Gasteiger partial charge on any atom is -0.374 e. The number of carbonyl (C=O) groups excluding carboxylic acids is 1. The fourth-order valence-electron chi connectivity index (χ4n) is 3.98. The van der Waals surface area contributed by atoms with Gasteiger partial charge < -0.3 is 15.0 Å². The van der Waals surface area contributed by atoms with Gasteiger partial charge in [0.25, 0.3) is 0 Å². The van der Waals surface area contributed by atoms with Crippen molar-refractivity contribution < 1.29 is 9.53 Å². The van der Waals surface area contributed by atoms with Crippen molar-refractivity contribution in [1.29, 1.82) is 0 Å². The highest BCUT2D eigenvalue weighted by molar-refractivity contribution is 5.78. The predicted octanol–water partition coefficient (Wildman–Crippen LogP) is 0.327. The molecule has 0 bridgehead atoms. The second-order valence-electron chi connectivity index (χ2n) is 7.56. The Kier molecular flexibility index (Phi) is 5.33. The van der Waals surface area contributed by atoms with Crippen LogP contribution in [-0.2, 0) is 16.1 Å². The van der Waals surface area contributed by atoms with E-state index in [4.69, 9.17) is 4.74 Å². The first-order valence-electron chi connectivity index (χ1n) is 9.61. The third-order valence-electron chi connectivity index (χ3n) is 5.50. The van der Waals surface area contributed by atoms with Crippen LogP contribution in [0.4, 0.5) is 0 Å². The Labute approximate surface area is 149 Å². The van der Waals surface area contributed by atoms with Crippen molar-refractivity contribution in [2.45, 2.75) is 50.4 Å². The molecular weight excluding hydrogens is 318 g/mol. The summed E-state index contributed by atoms with van der Waals surface area (Å²) in [7, 11) is 0. The molecule has 138 valence electrons. The second kappa shape index (κ2) is 7.85. The molecule has 1 atom stereocenters. The molecule has 1 aromatic heterocycles. The Hall–Kier alpha value is -1.44. The largest absolute Gasteiger partial charge is 0.374 e. The van der Waals surface area contributed by atoms with E-state index in [2.05, 4.69) is 20.2 Å². The molecule has 4 rings (SSSR count). The maximum atomic E-state index is 12.4. The number of carbonyl (C=O) groups is 1. The highest BCUT2D eigenvalue weighted by atomic mass is 16.5. The maximum Gasteiger partial charge on any atom is 0.234 e. The van der Waals surface area contributed by atoms with Crippen LogP contribution >= 0.6 is 0 Å². The van der Waals surface area contributed by atoms with Crippen molar-refractivity contribution in [1.82, 2.24) is 24.9 Å². The lowest BCUT2D eigenvalue weighted by atomic mass is 10.0. The van der Waals surface area contributed by atoms with Gasteiger partial charge in [-0.2, -0.15) is 5.10 Å². The number of amides is 1. The van der Waals surface area contributed by atoms with E-state index in [1.54, 1.807) is 6.20 Å². The van der Waals surface area contributed by atoms with Crippen molar-refractivity contribution in [3.05, 3.63) is 18.5 Å². The minimum absolute atomic E-state index is 0.100. The lowest BCUT2D eigenvalue weighted by Gasteiger charge is -2.34. The number of hydrogen-bond donors (Lipinski definition) is 1. The van der Waals surface area contributed by atoms with Gasteiger partial charge in [0.05, 0.1) is 25.8 Å². The van der Waals surface area contributed by atoms with Crippen LogP contribution in [0.1, 0.15) is 25.7 Å². The number of piperidine rings is 1. The van der Waals surface area contributed by atoms with Gasteiger partial charge in [0.1, 0.15) is 0 Å². The van der Waals surface area contributed by atoms with Crippen molar-refractivity contribution in [2.75, 3.05) is 39.3 Å². The van der Waals surface area contributed by atoms with Crippen LogP contribution < -0.4 is 5.32 Å². The van der Waals surface area contributed by atoms with Crippen molar-refractivity contribution in [3.8, 4) is 0 Å². The third kappa shape index (κ3) is 4.80. The van der Waals surface area contributed by atoms with Crippen LogP contribution in [0.5, 0.6) is 0 Å². The highest BCUT2D eigenvalue weighted by Gasteiger charge is 2.32. The zero-order valence-electron chi connectivity index (χ0n) is 14.8. The average molecular weight is 347 g/mol. The van der Waals surface area contributed by atoms with E-state index in [9.17, 15) is 4.79 Å². The Morgan fingerprint density at radius 2 is 2.04 bits per heavy atom. The average Bonchev–Trinajstić information content (AvgIpc) is 3.33. The zero-order valence-corrected chi connectivity index (χ0v) is 14.8. The first kappa shape index (κ1) is 17.0. The molecule has 2 aliphatic heterocycles. The van der Waals surface area contributed by atoms with Gasteiger partial charge in [-0.1, -0.05) is 0 Å². The van der Waals surface area contributed by atoms with E-state index < -0.39 is 0 Å². The van der Waals surface area contributed by atoms with Crippen molar-refractivity contribution >= 4 is 5.91 Å². The van der Waals surface area contributed by atoms with E-state index in [-0.39, 0.29) is 12.0 Å². The number of nitrogens with zero attached hydrogens (tertiary/aromatic N) is 4. The van der Waals surface area contributed by atoms with Crippen LogP contribution in [0, 0.1) is 0 Å². The first-order chi connectivity index (χ1) is 12.3. The standard InChI is InChI=1S/C18H29N5O2/c24-18(20-15-4-8-22(9-5-15)16-2-3-16)14-21-10-11-25-17(12-21)13-23-7-1-6-19-23/h1,6-7,15-17H,2-5,8-14H2,(H,20,24)/t17-/m0/s1. The van der Waals surface area contributed by atoms with Gasteiger partial charge in [0.2, 0.25) is 5.91 Å². The number of morpholine rings is 1. The predicted molar refractivity (Wildman–Crippen MR) is 94.2 cm³/mol. The molecule has 25 heavy (non-hydrogen) atoms. The normalized spacial score (nSPS) is 26.6. The molecule has 0 unspecified atom stereocenters. The van der Waals surface area contributed by atoms with Gasteiger partial charge in [0.15, 0.2) is 0 Å². The van der Waals surface area contributed by atoms with Crippen molar-refractivity contribution in [2.24, 2.45) is 0 Å². The van der Waals surface area contributed by atoms with E-state index in [1.807, 2.05) is 16.9 Å². The highest BCUT2D eigenvalue weighted by Crippen LogP contribution is 2.29. The van der Waals surface area contributed by atoms with Gasteiger partial charge in [-0.05, 0) is 31.7 Å². The van der Waals surface area contributed by atoms with Crippen LogP contribution in [0.15, 0.2) is 18.5 Å². The van der Waals surface area contributed by atoms with Gasteiger partial charge in [-0.15, -0.1) is 0 Å². The summed E-state index contributed by atoms with van der Waals surface area (Å²) in [6.07, 6.45) is 8.75. The van der Waals surface area contributed by atoms with Crippen molar-refractivity contribution in [3.63, 3.8) is 0 Å². The summed E-state index contributed by atoms with van der Waals surface area (Å²) in [6, 6.07) is 3.11. The first-order valence-corrected chi connectivity index (χ1v) is 9.61. The monoisotopic (exact) mass is 347 g/mol. The summed E-state index contributed by atoms with van der Waals surface area (Å²) >= 11 is 0. The third-order valence-corrected chi connectivity index (χ3v) is 5.50. The van der Waals surface area contributed by atoms with E-state index in [1.165, 1.54) is 12.8 Å². The topological polar surface area (TPSA) is 62.6 Å². The summed E-state index contributed by atoms with van der Waals surface area (Å²) in [5.74, 6) is 0.157. The zero-order chi connectivity index (χ0) is 17.1. The Balaban J connectivity index is 1.18. The summed E-state index contributed by atoms with van der Waals surface area (Å²) in [6.45, 7) is 5.78. The summed E-state index contributed by atoms with van der Waals surface area (Å²) in [4.78, 5) is 17.2. The summed E-state index contributed by atoms with van der Waals surface area (Å²) in [5, 5.41) is 7.47. The van der Waals surface area contributed by atoms with Crippen LogP contribution in [-0.4, -0.2) is 83.0 Å². The number of hydrogen-bond acceptors (Lipinski definition) is 5. The molecule has 1 N–H and O–H groups in total. The molecule has 3 heterocycles. The molecule has 7 heteroatoms. The SMILES string of the molecule is O=C(CN1CCO[C@H](Cn2cccn2)C1)NC1CCN(C2CC2)CC1. The number of likely N-dealkylation sites (tertiary alicyclic amines) is 1. The van der Waals surface area contributed by atoms with Gasteiger partial charge in [-0.25, -0.2) is 0 Å². The Morgan fingerprint density at radius 3 is 2.76 bits per heavy atom. The van der Waals surface area contributed by atoms with Gasteiger partial charge in [-0.3, -0.25) is 14.4 Å². The molecule has 1 saturated carbocycles. The fourth-order valence-corrected chi connectivity index (χ4v) is 3.98. The Morgan fingerprint density at radius 1 is 1.20 bits per heavy atom. The lowest BCUT2D eigenvalue weighted by molar-refractivity contribution is -0.125. The van der Waals surface area contributed by atoms with Crippen LogP contribution in [0.2, 0.25) is 0 Å². The van der Waals surface area contributed by atoms with E-state index >= 15 is 0 Å². The molecule has 2 saturated heterocycles. The smallest absolute Gasteiger partial charge is 0.234 e.